The molecule has 1 heterocycles. The minimum Gasteiger partial charge on any atom is -0.385 e. The van der Waals surface area contributed by atoms with Gasteiger partial charge in [0.15, 0.2) is 0 Å². The van der Waals surface area contributed by atoms with Crippen LogP contribution in [-0.4, -0.2) is 59.7 Å². The van der Waals surface area contributed by atoms with Gasteiger partial charge in [-0.3, -0.25) is 0 Å². The lowest BCUT2D eigenvalue weighted by Gasteiger charge is -2.29. The Labute approximate surface area is 162 Å². The predicted octanol–water partition coefficient (Wildman–Crippen LogP) is 1.28. The summed E-state index contributed by atoms with van der Waals surface area (Å²) in [5.74, 6) is 0. The fourth-order valence-electron chi connectivity index (χ4n) is 4.09. The highest BCUT2D eigenvalue weighted by Gasteiger charge is 2.44. The third-order valence-electron chi connectivity index (χ3n) is 5.46. The van der Waals surface area contributed by atoms with E-state index in [4.69, 9.17) is 4.74 Å². The molecule has 1 atom stereocenters. The van der Waals surface area contributed by atoms with Crippen LogP contribution in [0.15, 0.2) is 23.1 Å². The van der Waals surface area contributed by atoms with E-state index in [0.29, 0.717) is 24.3 Å². The van der Waals surface area contributed by atoms with Crippen molar-refractivity contribution < 1.29 is 21.6 Å². The third kappa shape index (κ3) is 4.71. The summed E-state index contributed by atoms with van der Waals surface area (Å²) in [6, 6.07) is 5.39. The average Bonchev–Trinajstić information content (AvgIpc) is 3.02. The van der Waals surface area contributed by atoms with E-state index in [2.05, 4.69) is 4.72 Å². The number of ether oxygens (including phenoxy) is 1. The Morgan fingerprint density at radius 3 is 2.52 bits per heavy atom. The van der Waals surface area contributed by atoms with Gasteiger partial charge >= 0.3 is 0 Å². The highest BCUT2D eigenvalue weighted by molar-refractivity contribution is 7.89. The molecule has 1 saturated heterocycles. The van der Waals surface area contributed by atoms with E-state index in [-0.39, 0.29) is 13.1 Å². The van der Waals surface area contributed by atoms with Crippen LogP contribution in [0.1, 0.15) is 36.8 Å². The van der Waals surface area contributed by atoms with Crippen LogP contribution in [0.5, 0.6) is 0 Å². The first-order valence-corrected chi connectivity index (χ1v) is 12.6. The summed E-state index contributed by atoms with van der Waals surface area (Å²) in [5, 5.41) is 0. The third-order valence-corrected chi connectivity index (χ3v) is 8.11. The topological polar surface area (TPSA) is 92.8 Å². The van der Waals surface area contributed by atoms with Crippen molar-refractivity contribution in [1.82, 2.24) is 9.03 Å². The minimum atomic E-state index is -3.67. The molecule has 27 heavy (non-hydrogen) atoms. The van der Waals surface area contributed by atoms with Crippen molar-refractivity contribution in [2.45, 2.75) is 49.0 Å². The molecule has 0 radical (unpaired) electrons. The number of nitrogens with one attached hydrogen (secondary N) is 1. The normalized spacial score (nSPS) is 24.1. The van der Waals surface area contributed by atoms with E-state index in [1.807, 2.05) is 6.07 Å². The zero-order valence-electron chi connectivity index (χ0n) is 15.9. The smallest absolute Gasteiger partial charge is 0.243 e. The Kier molecular flexibility index (Phi) is 5.98. The summed E-state index contributed by atoms with van der Waals surface area (Å²) in [6.45, 7) is 0.754. The van der Waals surface area contributed by atoms with Gasteiger partial charge in [-0.1, -0.05) is 6.07 Å². The number of aryl methyl sites for hydroxylation is 2. The molecule has 1 aliphatic carbocycles. The summed E-state index contributed by atoms with van der Waals surface area (Å²) in [7, 11) is -5.59. The highest BCUT2D eigenvalue weighted by atomic mass is 32.2. The van der Waals surface area contributed by atoms with E-state index in [1.165, 1.54) is 9.87 Å². The van der Waals surface area contributed by atoms with Gasteiger partial charge in [0.1, 0.15) is 0 Å². The van der Waals surface area contributed by atoms with E-state index < -0.39 is 25.6 Å². The second kappa shape index (κ2) is 7.79. The standard InChI is InChI=1S/C18H28N2O5S2/c1-25-12-10-18(19-26(2,21)22)9-11-20(14-18)27(23,24)17-8-7-15-5-3-4-6-16(15)13-17/h7-8,13,19H,3-6,9-12,14H2,1-2H3. The number of nitrogens with zero attached hydrogens (tertiary/aromatic N) is 1. The van der Waals surface area contributed by atoms with E-state index in [9.17, 15) is 16.8 Å². The maximum atomic E-state index is 13.2. The number of methoxy groups -OCH3 is 1. The molecule has 1 aromatic rings. The number of sulfonamides is 2. The molecule has 7 nitrogen and oxygen atoms in total. The molecule has 0 saturated carbocycles. The first-order chi connectivity index (χ1) is 12.7. The largest absolute Gasteiger partial charge is 0.385 e. The van der Waals surface area contributed by atoms with Gasteiger partial charge in [-0.05, 0) is 61.8 Å². The minimum absolute atomic E-state index is 0.114. The van der Waals surface area contributed by atoms with Crippen molar-refractivity contribution in [3.63, 3.8) is 0 Å². The predicted molar refractivity (Wildman–Crippen MR) is 104 cm³/mol. The Morgan fingerprint density at radius 1 is 1.15 bits per heavy atom. The molecule has 1 unspecified atom stereocenters. The molecule has 1 aliphatic heterocycles. The van der Waals surface area contributed by atoms with Crippen molar-refractivity contribution in [3.05, 3.63) is 29.3 Å². The SMILES string of the molecule is COCCC1(NS(C)(=O)=O)CCN(S(=O)(=O)c2ccc3c(c2)CCCC3)C1. The Morgan fingerprint density at radius 2 is 1.85 bits per heavy atom. The van der Waals surface area contributed by atoms with Crippen molar-refractivity contribution in [2.24, 2.45) is 0 Å². The summed E-state index contributed by atoms with van der Waals surface area (Å²) in [4.78, 5) is 0.296. The van der Waals surface area contributed by atoms with Gasteiger partial charge in [0.05, 0.1) is 11.2 Å². The Bertz CT molecular complexity index is 898. The van der Waals surface area contributed by atoms with Crippen molar-refractivity contribution in [1.29, 1.82) is 0 Å². The fourth-order valence-corrected chi connectivity index (χ4v) is 6.72. The molecule has 1 aromatic carbocycles. The van der Waals surface area contributed by atoms with Crippen molar-refractivity contribution in [2.75, 3.05) is 33.1 Å². The lowest BCUT2D eigenvalue weighted by Crippen LogP contribution is -2.51. The molecule has 0 bridgehead atoms. The summed E-state index contributed by atoms with van der Waals surface area (Å²) < 4.78 is 59.1. The molecule has 9 heteroatoms. The van der Waals surface area contributed by atoms with E-state index in [1.54, 1.807) is 19.2 Å². The van der Waals surface area contributed by atoms with Gasteiger partial charge in [-0.2, -0.15) is 4.31 Å². The second-order valence-corrected chi connectivity index (χ2v) is 11.3. The zero-order chi connectivity index (χ0) is 19.7. The lowest BCUT2D eigenvalue weighted by molar-refractivity contribution is 0.165. The maximum absolute atomic E-state index is 13.2. The molecule has 1 fully saturated rings. The highest BCUT2D eigenvalue weighted by Crippen LogP contribution is 2.32. The average molecular weight is 417 g/mol. The first kappa shape index (κ1) is 20.7. The number of hydrogen-bond donors (Lipinski definition) is 1. The number of hydrogen-bond acceptors (Lipinski definition) is 5. The van der Waals surface area contributed by atoms with Crippen molar-refractivity contribution in [3.8, 4) is 0 Å². The van der Waals surface area contributed by atoms with Crippen LogP contribution in [0.2, 0.25) is 0 Å². The van der Waals surface area contributed by atoms with Crippen LogP contribution in [-0.2, 0) is 37.6 Å². The first-order valence-electron chi connectivity index (χ1n) is 9.25. The Hall–Kier alpha value is -1.00. The van der Waals surface area contributed by atoms with Gasteiger partial charge < -0.3 is 4.74 Å². The van der Waals surface area contributed by atoms with Gasteiger partial charge in [-0.15, -0.1) is 0 Å². The molecule has 3 rings (SSSR count). The fraction of sp³-hybridized carbons (Fsp3) is 0.667. The van der Waals surface area contributed by atoms with Crippen LogP contribution in [0.25, 0.3) is 0 Å². The molecule has 0 spiro atoms. The van der Waals surface area contributed by atoms with E-state index in [0.717, 1.165) is 37.5 Å². The lowest BCUT2D eigenvalue weighted by atomic mass is 9.92. The van der Waals surface area contributed by atoms with Gasteiger partial charge in [-0.25, -0.2) is 21.6 Å². The number of benzene rings is 1. The van der Waals surface area contributed by atoms with Crippen LogP contribution < -0.4 is 4.72 Å². The summed E-state index contributed by atoms with van der Waals surface area (Å²) in [6.07, 6.45) is 6.08. The van der Waals surface area contributed by atoms with Crippen LogP contribution in [0.3, 0.4) is 0 Å². The second-order valence-electron chi connectivity index (χ2n) is 7.62. The Balaban J connectivity index is 1.85. The van der Waals surface area contributed by atoms with E-state index >= 15 is 0 Å². The van der Waals surface area contributed by atoms with Crippen molar-refractivity contribution >= 4 is 20.0 Å². The molecule has 152 valence electrons. The van der Waals surface area contributed by atoms with Crippen LogP contribution >= 0.6 is 0 Å². The summed E-state index contributed by atoms with van der Waals surface area (Å²) in [5.41, 5.74) is 1.52. The quantitative estimate of drug-likeness (QED) is 0.723. The van der Waals surface area contributed by atoms with Gasteiger partial charge in [0, 0.05) is 32.3 Å². The van der Waals surface area contributed by atoms with Crippen LogP contribution in [0, 0.1) is 0 Å². The molecule has 0 amide bonds. The molecular weight excluding hydrogens is 388 g/mol. The van der Waals surface area contributed by atoms with Gasteiger partial charge in [0.2, 0.25) is 20.0 Å². The molecule has 1 N–H and O–H groups in total. The van der Waals surface area contributed by atoms with Crippen LogP contribution in [0.4, 0.5) is 0 Å². The maximum Gasteiger partial charge on any atom is 0.243 e. The summed E-state index contributed by atoms with van der Waals surface area (Å²) >= 11 is 0. The monoisotopic (exact) mass is 416 g/mol. The molecule has 0 aromatic heterocycles. The molecular formula is C18H28N2O5S2. The number of fused-ring (bicyclic) bond motifs is 1. The molecule has 2 aliphatic rings. The zero-order valence-corrected chi connectivity index (χ0v) is 17.5. The number of rotatable bonds is 7. The van der Waals surface area contributed by atoms with Gasteiger partial charge in [0.25, 0.3) is 0 Å².